The minimum Gasteiger partial charge on any atom is -0.504 e. The first-order valence-electron chi connectivity index (χ1n) is 9.98. The lowest BCUT2D eigenvalue weighted by atomic mass is 10.1. The van der Waals surface area contributed by atoms with Gasteiger partial charge in [-0.3, -0.25) is 9.59 Å². The van der Waals surface area contributed by atoms with Crippen LogP contribution in [0.4, 0.5) is 5.82 Å². The first-order valence-corrected chi connectivity index (χ1v) is 13.2. The van der Waals surface area contributed by atoms with Gasteiger partial charge in [0.25, 0.3) is 5.91 Å². The molecule has 32 heavy (non-hydrogen) atoms. The summed E-state index contributed by atoms with van der Waals surface area (Å²) in [5, 5.41) is 17.5. The van der Waals surface area contributed by atoms with Gasteiger partial charge in [0.2, 0.25) is 5.91 Å². The Bertz CT molecular complexity index is 1070. The maximum atomic E-state index is 12.8. The number of hydrogen-bond donors (Lipinski definition) is 3. The van der Waals surface area contributed by atoms with Crippen LogP contribution in [0.2, 0.25) is 5.02 Å². The summed E-state index contributed by atoms with van der Waals surface area (Å²) in [5.74, 6) is 0.502. The molecule has 9 nitrogen and oxygen atoms in total. The SMILES string of the molecule is C=CC(=O)N1CC(NC(=O)c2c(C)nc(CNc3nc(S(C)(C)C)c(Cl)cc3O)n2C)C1. The van der Waals surface area contributed by atoms with Crippen molar-refractivity contribution in [2.75, 3.05) is 37.2 Å². The summed E-state index contributed by atoms with van der Waals surface area (Å²) in [7, 11) is 0.569. The molecule has 3 heterocycles. The van der Waals surface area contributed by atoms with Crippen molar-refractivity contribution >= 4 is 39.3 Å². The Kier molecular flexibility index (Phi) is 6.75. The molecule has 1 aliphatic rings. The van der Waals surface area contributed by atoms with Crippen LogP contribution in [0.5, 0.6) is 5.75 Å². The van der Waals surface area contributed by atoms with Crippen LogP contribution >= 0.6 is 21.6 Å². The molecule has 11 heteroatoms. The number of carbonyl (C=O) groups is 2. The molecule has 0 bridgehead atoms. The van der Waals surface area contributed by atoms with Gasteiger partial charge in [-0.25, -0.2) is 20.0 Å². The molecule has 0 unspecified atom stereocenters. The summed E-state index contributed by atoms with van der Waals surface area (Å²) in [6.45, 7) is 6.42. The van der Waals surface area contributed by atoms with E-state index in [4.69, 9.17) is 11.6 Å². The average Bonchev–Trinajstić information content (AvgIpc) is 2.95. The van der Waals surface area contributed by atoms with Gasteiger partial charge < -0.3 is 25.2 Å². The molecule has 0 radical (unpaired) electrons. The predicted octanol–water partition coefficient (Wildman–Crippen LogP) is 2.27. The quantitative estimate of drug-likeness (QED) is 0.524. The van der Waals surface area contributed by atoms with Gasteiger partial charge in [-0.2, -0.15) is 0 Å². The van der Waals surface area contributed by atoms with Crippen molar-refractivity contribution in [3.63, 3.8) is 0 Å². The minimum absolute atomic E-state index is 0.0464. The van der Waals surface area contributed by atoms with Crippen LogP contribution in [-0.4, -0.2) is 74.3 Å². The van der Waals surface area contributed by atoms with Crippen molar-refractivity contribution in [1.82, 2.24) is 24.8 Å². The normalized spacial score (nSPS) is 14.6. The second kappa shape index (κ2) is 9.03. The Morgan fingerprint density at radius 1 is 1.34 bits per heavy atom. The maximum absolute atomic E-state index is 12.8. The Morgan fingerprint density at radius 3 is 2.59 bits per heavy atom. The number of hydrogen-bond acceptors (Lipinski definition) is 6. The highest BCUT2D eigenvalue weighted by Gasteiger charge is 2.32. The molecule has 174 valence electrons. The van der Waals surface area contributed by atoms with Crippen LogP contribution in [-0.2, 0) is 18.4 Å². The third-order valence-electron chi connectivity index (χ3n) is 5.20. The van der Waals surface area contributed by atoms with E-state index in [1.807, 2.05) is 0 Å². The highest BCUT2D eigenvalue weighted by Crippen LogP contribution is 2.49. The summed E-state index contributed by atoms with van der Waals surface area (Å²) in [6.07, 6.45) is 7.48. The van der Waals surface area contributed by atoms with Crippen LogP contribution in [0.15, 0.2) is 23.7 Å². The van der Waals surface area contributed by atoms with Crippen molar-refractivity contribution in [2.24, 2.45) is 7.05 Å². The fraction of sp³-hybridized carbons (Fsp3) is 0.429. The molecule has 1 fully saturated rings. The lowest BCUT2D eigenvalue weighted by Crippen LogP contribution is -2.60. The number of aryl methyl sites for hydroxylation is 1. The number of amides is 2. The van der Waals surface area contributed by atoms with Crippen LogP contribution < -0.4 is 10.6 Å². The maximum Gasteiger partial charge on any atom is 0.270 e. The van der Waals surface area contributed by atoms with Gasteiger partial charge >= 0.3 is 0 Å². The number of imidazole rings is 1. The van der Waals surface area contributed by atoms with Gasteiger partial charge in [0.1, 0.15) is 11.5 Å². The number of carbonyl (C=O) groups excluding carboxylic acids is 2. The highest BCUT2D eigenvalue weighted by molar-refractivity contribution is 8.32. The predicted molar refractivity (Wildman–Crippen MR) is 128 cm³/mol. The molecule has 0 aromatic carbocycles. The van der Waals surface area contributed by atoms with Crippen LogP contribution in [0.1, 0.15) is 22.0 Å². The topological polar surface area (TPSA) is 112 Å². The van der Waals surface area contributed by atoms with E-state index in [1.54, 1.807) is 23.4 Å². The second-order valence-corrected chi connectivity index (χ2v) is 12.9. The van der Waals surface area contributed by atoms with Crippen molar-refractivity contribution < 1.29 is 14.7 Å². The first kappa shape index (κ1) is 23.9. The lowest BCUT2D eigenvalue weighted by molar-refractivity contribution is -0.130. The summed E-state index contributed by atoms with van der Waals surface area (Å²) < 4.78 is 1.71. The molecule has 0 aliphatic carbocycles. The third kappa shape index (κ3) is 4.86. The number of nitrogens with one attached hydrogen (secondary N) is 2. The van der Waals surface area contributed by atoms with Gasteiger partial charge in [0.05, 0.1) is 28.3 Å². The standard InChI is InChI=1S/C21H29ClN6O3S/c1-7-17(30)28-10-13(11-28)25-20(31)18-12(2)24-16(27(18)3)9-23-19-15(29)8-14(22)21(26-19)32(4,5)6/h7-8,13,29H,1,9-11H2,2-6H3,(H,23,26)(H,25,31). The zero-order chi connectivity index (χ0) is 23.8. The highest BCUT2D eigenvalue weighted by atomic mass is 35.5. The number of pyridine rings is 1. The van der Waals surface area contributed by atoms with Crippen LogP contribution in [0.25, 0.3) is 0 Å². The Balaban J connectivity index is 1.70. The van der Waals surface area contributed by atoms with E-state index in [1.165, 1.54) is 12.1 Å². The van der Waals surface area contributed by atoms with Crippen LogP contribution in [0.3, 0.4) is 0 Å². The molecule has 0 spiro atoms. The molecular weight excluding hydrogens is 452 g/mol. The molecule has 1 saturated heterocycles. The number of anilines is 1. The lowest BCUT2D eigenvalue weighted by Gasteiger charge is -2.38. The number of aromatic nitrogens is 3. The number of likely N-dealkylation sites (tertiary alicyclic amines) is 1. The monoisotopic (exact) mass is 480 g/mol. The Labute approximate surface area is 194 Å². The summed E-state index contributed by atoms with van der Waals surface area (Å²) in [4.78, 5) is 35.0. The molecule has 0 saturated carbocycles. The molecule has 3 rings (SSSR count). The Morgan fingerprint density at radius 2 is 2.00 bits per heavy atom. The van der Waals surface area contributed by atoms with Gasteiger partial charge in [-0.1, -0.05) is 18.2 Å². The second-order valence-electron chi connectivity index (χ2n) is 8.47. The van der Waals surface area contributed by atoms with Gasteiger partial charge in [-0.15, -0.1) is 0 Å². The molecule has 1 aliphatic heterocycles. The summed E-state index contributed by atoms with van der Waals surface area (Å²) >= 11 is 6.26. The zero-order valence-corrected chi connectivity index (χ0v) is 20.5. The van der Waals surface area contributed by atoms with E-state index in [9.17, 15) is 14.7 Å². The summed E-state index contributed by atoms with van der Waals surface area (Å²) in [5.41, 5.74) is 1.04. The number of rotatable bonds is 7. The van der Waals surface area contributed by atoms with Gasteiger partial charge in [0, 0.05) is 26.2 Å². The molecule has 2 amide bonds. The Hall–Kier alpha value is -2.72. The number of halogens is 1. The molecular formula is C21H29ClN6O3S. The van der Waals surface area contributed by atoms with E-state index in [0.29, 0.717) is 41.1 Å². The molecule has 0 atom stereocenters. The zero-order valence-electron chi connectivity index (χ0n) is 18.9. The molecule has 2 aromatic heterocycles. The van der Waals surface area contributed by atoms with Crippen LogP contribution in [0, 0.1) is 6.92 Å². The molecule has 2 aromatic rings. The molecule has 3 N–H and O–H groups in total. The van der Waals surface area contributed by atoms with E-state index in [-0.39, 0.29) is 30.2 Å². The largest absolute Gasteiger partial charge is 0.504 e. The van der Waals surface area contributed by atoms with Gasteiger partial charge in [0.15, 0.2) is 11.6 Å². The van der Waals surface area contributed by atoms with E-state index in [2.05, 4.69) is 45.9 Å². The van der Waals surface area contributed by atoms with Crippen molar-refractivity contribution in [3.05, 3.63) is 41.0 Å². The first-order chi connectivity index (χ1) is 14.9. The number of nitrogens with zero attached hydrogens (tertiary/aromatic N) is 4. The van der Waals surface area contributed by atoms with Gasteiger partial charge in [-0.05, 0) is 31.8 Å². The van der Waals surface area contributed by atoms with Crippen molar-refractivity contribution in [1.29, 1.82) is 0 Å². The van der Waals surface area contributed by atoms with E-state index < -0.39 is 10.0 Å². The number of aromatic hydroxyl groups is 1. The fourth-order valence-electron chi connectivity index (χ4n) is 3.49. The van der Waals surface area contributed by atoms with E-state index >= 15 is 0 Å². The smallest absolute Gasteiger partial charge is 0.270 e. The minimum atomic E-state index is -1.20. The summed E-state index contributed by atoms with van der Waals surface area (Å²) in [6, 6.07) is 1.39. The van der Waals surface area contributed by atoms with Crippen molar-refractivity contribution in [2.45, 2.75) is 24.5 Å². The van der Waals surface area contributed by atoms with Crippen molar-refractivity contribution in [3.8, 4) is 5.75 Å². The fourth-order valence-corrected chi connectivity index (χ4v) is 5.33. The third-order valence-corrected chi connectivity index (χ3v) is 7.07. The average molecular weight is 481 g/mol. The van der Waals surface area contributed by atoms with E-state index in [0.717, 1.165) is 5.03 Å².